The third-order valence-corrected chi connectivity index (χ3v) is 5.06. The quantitative estimate of drug-likeness (QED) is 0.171. The van der Waals surface area contributed by atoms with E-state index >= 15 is 0 Å². The fraction of sp³-hybridized carbons (Fsp3) is 0.750. The second-order valence-corrected chi connectivity index (χ2v) is 7.99. The number of imide groups is 1. The van der Waals surface area contributed by atoms with Crippen LogP contribution in [0.25, 0.3) is 0 Å². The molecule has 1 fully saturated rings. The van der Waals surface area contributed by atoms with E-state index in [0.717, 1.165) is 32.1 Å². The molecule has 1 saturated heterocycles. The molecule has 3 amide bonds. The Morgan fingerprint density at radius 3 is 2.11 bits per heavy atom. The highest BCUT2D eigenvalue weighted by molar-refractivity contribution is 6.01. The molecule has 1 unspecified atom stereocenters. The molecular weight excluding hydrogens is 476 g/mol. The Morgan fingerprint density at radius 1 is 0.833 bits per heavy atom. The molecular formula is C24H36N2O10. The molecule has 0 saturated carbocycles. The number of hydrogen-bond donors (Lipinski definition) is 1. The summed E-state index contributed by atoms with van der Waals surface area (Å²) in [6.07, 6.45) is 4.08. The van der Waals surface area contributed by atoms with E-state index in [-0.39, 0.29) is 38.6 Å². The van der Waals surface area contributed by atoms with Crippen molar-refractivity contribution in [1.82, 2.24) is 10.4 Å². The molecule has 1 heterocycles. The molecule has 12 nitrogen and oxygen atoms in total. The Kier molecular flexibility index (Phi) is 15.2. The van der Waals surface area contributed by atoms with Crippen LogP contribution < -0.4 is 5.32 Å². The largest absolute Gasteiger partial charge is 0.433 e. The van der Waals surface area contributed by atoms with Gasteiger partial charge in [0, 0.05) is 25.8 Å². The summed E-state index contributed by atoms with van der Waals surface area (Å²) in [4.78, 5) is 50.8. The third-order valence-electron chi connectivity index (χ3n) is 5.06. The van der Waals surface area contributed by atoms with Crippen molar-refractivity contribution >= 4 is 23.9 Å². The average Bonchev–Trinajstić information content (AvgIpc) is 3.15. The van der Waals surface area contributed by atoms with Crippen LogP contribution in [0.1, 0.15) is 51.4 Å². The number of nitrogens with zero attached hydrogens (tertiary/aromatic N) is 1. The summed E-state index contributed by atoms with van der Waals surface area (Å²) in [6, 6.07) is 0. The van der Waals surface area contributed by atoms with Crippen molar-refractivity contribution in [2.45, 2.75) is 57.5 Å². The van der Waals surface area contributed by atoms with Crippen molar-refractivity contribution < 1.29 is 47.7 Å². The van der Waals surface area contributed by atoms with Crippen molar-refractivity contribution in [2.75, 3.05) is 59.4 Å². The van der Waals surface area contributed by atoms with Gasteiger partial charge in [0.15, 0.2) is 6.10 Å². The molecule has 2 aliphatic rings. The van der Waals surface area contributed by atoms with Gasteiger partial charge in [-0.3, -0.25) is 9.59 Å². The van der Waals surface area contributed by atoms with Crippen LogP contribution in [0.4, 0.5) is 4.79 Å². The van der Waals surface area contributed by atoms with Crippen molar-refractivity contribution in [3.05, 3.63) is 0 Å². The first-order chi connectivity index (χ1) is 17.6. The van der Waals surface area contributed by atoms with Gasteiger partial charge in [0.2, 0.25) is 0 Å². The molecule has 0 spiro atoms. The van der Waals surface area contributed by atoms with Crippen LogP contribution in [0.15, 0.2) is 0 Å². The number of amides is 3. The normalized spacial score (nSPS) is 17.7. The minimum absolute atomic E-state index is 0.0587. The Balaban J connectivity index is 1.30. The van der Waals surface area contributed by atoms with Crippen LogP contribution in [0, 0.1) is 11.8 Å². The van der Waals surface area contributed by atoms with Crippen LogP contribution >= 0.6 is 0 Å². The van der Waals surface area contributed by atoms with Crippen molar-refractivity contribution in [3.8, 4) is 11.8 Å². The fourth-order valence-corrected chi connectivity index (χ4v) is 3.19. The lowest BCUT2D eigenvalue weighted by Crippen LogP contribution is -2.32. The number of carbonyl (C=O) groups excluding carboxylic acids is 4. The molecule has 0 bridgehead atoms. The Labute approximate surface area is 211 Å². The van der Waals surface area contributed by atoms with E-state index in [1.54, 1.807) is 0 Å². The summed E-state index contributed by atoms with van der Waals surface area (Å²) in [7, 11) is 0. The summed E-state index contributed by atoms with van der Waals surface area (Å²) in [5.41, 5.74) is 0. The predicted octanol–water partition coefficient (Wildman–Crippen LogP) is 1.11. The van der Waals surface area contributed by atoms with E-state index in [0.29, 0.717) is 51.2 Å². The first-order valence-corrected chi connectivity index (χ1v) is 12.4. The summed E-state index contributed by atoms with van der Waals surface area (Å²) in [5, 5.41) is 3.16. The minimum atomic E-state index is -0.703. The summed E-state index contributed by atoms with van der Waals surface area (Å²) < 4.78 is 26.7. The van der Waals surface area contributed by atoms with Crippen molar-refractivity contribution in [1.29, 1.82) is 0 Å². The maximum atomic E-state index is 11.8. The van der Waals surface area contributed by atoms with Gasteiger partial charge in [-0.1, -0.05) is 18.3 Å². The average molecular weight is 513 g/mol. The zero-order valence-electron chi connectivity index (χ0n) is 20.6. The zero-order chi connectivity index (χ0) is 25.8. The second kappa shape index (κ2) is 18.5. The topological polar surface area (TPSA) is 139 Å². The van der Waals surface area contributed by atoms with Gasteiger partial charge in [-0.15, -0.1) is 5.06 Å². The Bertz CT molecular complexity index is 748. The lowest BCUT2D eigenvalue weighted by molar-refractivity contribution is -0.198. The number of nitrogens with one attached hydrogen (secondary N) is 1. The first-order valence-electron chi connectivity index (χ1n) is 12.4. The lowest BCUT2D eigenvalue weighted by Gasteiger charge is -2.14. The number of hydroxylamine groups is 2. The number of rotatable bonds is 17. The van der Waals surface area contributed by atoms with Crippen LogP contribution in [-0.4, -0.2) is 94.4 Å². The molecule has 0 aromatic heterocycles. The molecule has 2 rings (SSSR count). The summed E-state index contributed by atoms with van der Waals surface area (Å²) in [5.74, 6) is 4.30. The van der Waals surface area contributed by atoms with Gasteiger partial charge >= 0.3 is 12.1 Å². The summed E-state index contributed by atoms with van der Waals surface area (Å²) in [6.45, 7) is 2.93. The molecule has 0 aromatic carbocycles. The number of ether oxygens (including phenoxy) is 5. The van der Waals surface area contributed by atoms with Gasteiger partial charge in [-0.25, -0.2) is 9.59 Å². The van der Waals surface area contributed by atoms with E-state index in [1.807, 2.05) is 0 Å². The molecule has 1 aliphatic heterocycles. The van der Waals surface area contributed by atoms with Crippen LogP contribution in [0.5, 0.6) is 0 Å². The molecule has 202 valence electrons. The standard InChI is InChI=1S/C24H36N2O10/c27-21-8-9-22(28)26(21)36-23(29)10-12-31-14-16-33-18-19-34-17-15-32-13-11-25-24(30)35-20-6-4-2-1-3-5-7-20/h20H,1-4,6,8-19H2,(H,25,30). The highest BCUT2D eigenvalue weighted by atomic mass is 16.7. The number of hydrogen-bond acceptors (Lipinski definition) is 10. The van der Waals surface area contributed by atoms with Crippen molar-refractivity contribution in [3.63, 3.8) is 0 Å². The molecule has 1 aliphatic carbocycles. The molecule has 36 heavy (non-hydrogen) atoms. The minimum Gasteiger partial charge on any atom is -0.433 e. The third kappa shape index (κ3) is 13.4. The van der Waals surface area contributed by atoms with Gasteiger partial charge in [0.05, 0.1) is 59.3 Å². The van der Waals surface area contributed by atoms with E-state index in [2.05, 4.69) is 17.2 Å². The van der Waals surface area contributed by atoms with Gasteiger partial charge in [0.1, 0.15) is 0 Å². The monoisotopic (exact) mass is 512 g/mol. The number of carbonyl (C=O) groups is 4. The van der Waals surface area contributed by atoms with Crippen LogP contribution in [-0.2, 0) is 42.9 Å². The van der Waals surface area contributed by atoms with Gasteiger partial charge in [-0.05, 0) is 19.3 Å². The maximum Gasteiger partial charge on any atom is 0.408 e. The summed E-state index contributed by atoms with van der Waals surface area (Å²) >= 11 is 0. The van der Waals surface area contributed by atoms with E-state index < -0.39 is 23.9 Å². The highest BCUT2D eigenvalue weighted by Gasteiger charge is 2.32. The highest BCUT2D eigenvalue weighted by Crippen LogP contribution is 2.12. The molecule has 1 atom stereocenters. The van der Waals surface area contributed by atoms with Crippen molar-refractivity contribution in [2.24, 2.45) is 0 Å². The fourth-order valence-electron chi connectivity index (χ4n) is 3.19. The second-order valence-electron chi connectivity index (χ2n) is 7.99. The zero-order valence-corrected chi connectivity index (χ0v) is 20.6. The molecule has 1 N–H and O–H groups in total. The van der Waals surface area contributed by atoms with Crippen LogP contribution in [0.2, 0.25) is 0 Å². The lowest BCUT2D eigenvalue weighted by atomic mass is 10.1. The van der Waals surface area contributed by atoms with Gasteiger partial charge in [0.25, 0.3) is 11.8 Å². The Morgan fingerprint density at radius 2 is 1.44 bits per heavy atom. The Hall–Kier alpha value is -2.72. The van der Waals surface area contributed by atoms with E-state index in [4.69, 9.17) is 28.5 Å². The molecule has 0 aromatic rings. The van der Waals surface area contributed by atoms with E-state index in [9.17, 15) is 19.2 Å². The van der Waals surface area contributed by atoms with Gasteiger partial charge in [-0.2, -0.15) is 0 Å². The van der Waals surface area contributed by atoms with E-state index in [1.165, 1.54) is 0 Å². The predicted molar refractivity (Wildman–Crippen MR) is 124 cm³/mol. The van der Waals surface area contributed by atoms with Gasteiger partial charge < -0.3 is 33.8 Å². The smallest absolute Gasteiger partial charge is 0.408 e. The first kappa shape index (κ1) is 29.5. The maximum absolute atomic E-state index is 11.8. The molecule has 12 heteroatoms. The number of alkyl carbamates (subject to hydrolysis) is 1. The SMILES string of the molecule is O=C(CCOCCOCCOCCOCCNC(=O)OC1C#CCCCCC1)ON1C(=O)CCC1=O. The molecule has 0 radical (unpaired) electrons. The van der Waals surface area contributed by atoms with Crippen LogP contribution in [0.3, 0.4) is 0 Å².